The molecule has 0 radical (unpaired) electrons. The van der Waals surface area contributed by atoms with Gasteiger partial charge in [0.25, 0.3) is 0 Å². The predicted octanol–water partition coefficient (Wildman–Crippen LogP) is 3.45. The maximum absolute atomic E-state index is 5.83. The third-order valence-electron chi connectivity index (χ3n) is 3.45. The van der Waals surface area contributed by atoms with Crippen molar-refractivity contribution < 1.29 is 4.74 Å². The Bertz CT molecular complexity index is 380. The van der Waals surface area contributed by atoms with Gasteiger partial charge in [-0.15, -0.1) is 0 Å². The summed E-state index contributed by atoms with van der Waals surface area (Å²) < 4.78 is 6.85. The molecule has 0 aliphatic heterocycles. The van der Waals surface area contributed by atoms with Crippen molar-refractivity contribution in [3.8, 4) is 5.75 Å². The minimum absolute atomic E-state index is 0.348. The molecule has 1 aromatic rings. The Labute approximate surface area is 125 Å². The van der Waals surface area contributed by atoms with Crippen LogP contribution in [0.5, 0.6) is 5.75 Å². The standard InChI is InChI=1S/C15H25BrN2O/c1-5-18(6-2)9-10-19-15-8-7-13(11-14(15)16)12(3)17-4/h7-8,11-12,17H,5-6,9-10H2,1-4H3. The fourth-order valence-corrected chi connectivity index (χ4v) is 2.41. The maximum atomic E-state index is 5.83. The third-order valence-corrected chi connectivity index (χ3v) is 4.07. The van der Waals surface area contributed by atoms with Crippen LogP contribution >= 0.6 is 15.9 Å². The van der Waals surface area contributed by atoms with Gasteiger partial charge in [0.1, 0.15) is 12.4 Å². The van der Waals surface area contributed by atoms with Crippen molar-refractivity contribution in [1.29, 1.82) is 0 Å². The van der Waals surface area contributed by atoms with Gasteiger partial charge in [-0.05, 0) is 60.7 Å². The van der Waals surface area contributed by atoms with Crippen LogP contribution in [0.3, 0.4) is 0 Å². The fraction of sp³-hybridized carbons (Fsp3) is 0.600. The van der Waals surface area contributed by atoms with Gasteiger partial charge in [-0.3, -0.25) is 0 Å². The molecular weight excluding hydrogens is 304 g/mol. The molecule has 108 valence electrons. The number of ether oxygens (including phenoxy) is 1. The molecule has 3 nitrogen and oxygen atoms in total. The van der Waals surface area contributed by atoms with Crippen molar-refractivity contribution in [2.75, 3.05) is 33.3 Å². The van der Waals surface area contributed by atoms with Crippen molar-refractivity contribution in [2.24, 2.45) is 0 Å². The second-order valence-electron chi connectivity index (χ2n) is 4.58. The van der Waals surface area contributed by atoms with Crippen molar-refractivity contribution in [1.82, 2.24) is 10.2 Å². The van der Waals surface area contributed by atoms with Gasteiger partial charge in [0.2, 0.25) is 0 Å². The average Bonchev–Trinajstić information content (AvgIpc) is 2.44. The number of benzene rings is 1. The molecule has 0 saturated heterocycles. The molecule has 0 fully saturated rings. The molecule has 0 amide bonds. The average molecular weight is 329 g/mol. The first-order valence-corrected chi connectivity index (χ1v) is 7.73. The van der Waals surface area contributed by atoms with Crippen LogP contribution in [0.25, 0.3) is 0 Å². The van der Waals surface area contributed by atoms with Crippen molar-refractivity contribution in [3.63, 3.8) is 0 Å². The number of nitrogens with zero attached hydrogens (tertiary/aromatic N) is 1. The highest BCUT2D eigenvalue weighted by Crippen LogP contribution is 2.28. The molecule has 4 heteroatoms. The number of nitrogens with one attached hydrogen (secondary N) is 1. The first-order valence-electron chi connectivity index (χ1n) is 6.94. The summed E-state index contributed by atoms with van der Waals surface area (Å²) in [5, 5.41) is 3.23. The van der Waals surface area contributed by atoms with Gasteiger partial charge < -0.3 is 15.0 Å². The minimum atomic E-state index is 0.348. The van der Waals surface area contributed by atoms with Crippen LogP contribution in [-0.4, -0.2) is 38.2 Å². The summed E-state index contributed by atoms with van der Waals surface area (Å²) in [5.74, 6) is 0.916. The molecule has 0 bridgehead atoms. The highest BCUT2D eigenvalue weighted by molar-refractivity contribution is 9.10. The monoisotopic (exact) mass is 328 g/mol. The highest BCUT2D eigenvalue weighted by atomic mass is 79.9. The second kappa shape index (κ2) is 8.56. The lowest BCUT2D eigenvalue weighted by Crippen LogP contribution is -2.27. The molecule has 1 N–H and O–H groups in total. The van der Waals surface area contributed by atoms with Gasteiger partial charge in [0.15, 0.2) is 0 Å². The summed E-state index contributed by atoms with van der Waals surface area (Å²) in [6.07, 6.45) is 0. The molecular formula is C15H25BrN2O. The SMILES string of the molecule is CCN(CC)CCOc1ccc(C(C)NC)cc1Br. The highest BCUT2D eigenvalue weighted by Gasteiger charge is 2.07. The Morgan fingerprint density at radius 1 is 1.32 bits per heavy atom. The largest absolute Gasteiger partial charge is 0.491 e. The van der Waals surface area contributed by atoms with Crippen LogP contribution in [0.4, 0.5) is 0 Å². The third kappa shape index (κ3) is 5.13. The molecule has 0 aromatic heterocycles. The molecule has 0 saturated carbocycles. The molecule has 0 heterocycles. The summed E-state index contributed by atoms with van der Waals surface area (Å²) in [6.45, 7) is 10.3. The Kier molecular flexibility index (Phi) is 7.42. The first kappa shape index (κ1) is 16.5. The van der Waals surface area contributed by atoms with E-state index in [0.717, 1.165) is 36.5 Å². The zero-order valence-electron chi connectivity index (χ0n) is 12.4. The molecule has 19 heavy (non-hydrogen) atoms. The lowest BCUT2D eigenvalue weighted by Gasteiger charge is -2.19. The van der Waals surface area contributed by atoms with Crippen molar-refractivity contribution >= 4 is 15.9 Å². The van der Waals surface area contributed by atoms with Gasteiger partial charge in [0.05, 0.1) is 4.47 Å². The Morgan fingerprint density at radius 2 is 2.00 bits per heavy atom. The Hall–Kier alpha value is -0.580. The summed E-state index contributed by atoms with van der Waals surface area (Å²) in [6, 6.07) is 6.61. The van der Waals surface area contributed by atoms with E-state index >= 15 is 0 Å². The lowest BCUT2D eigenvalue weighted by atomic mass is 10.1. The molecule has 0 aliphatic rings. The number of rotatable bonds is 8. The molecule has 1 aromatic carbocycles. The van der Waals surface area contributed by atoms with E-state index in [2.05, 4.69) is 59.1 Å². The smallest absolute Gasteiger partial charge is 0.133 e. The van der Waals surface area contributed by atoms with Crippen LogP contribution in [0.15, 0.2) is 22.7 Å². The number of hydrogen-bond acceptors (Lipinski definition) is 3. The Morgan fingerprint density at radius 3 is 2.53 bits per heavy atom. The fourth-order valence-electron chi connectivity index (χ4n) is 1.89. The quantitative estimate of drug-likeness (QED) is 0.791. The van der Waals surface area contributed by atoms with E-state index in [1.54, 1.807) is 0 Å². The number of likely N-dealkylation sites (N-methyl/N-ethyl adjacent to an activating group) is 1. The van der Waals surface area contributed by atoms with Crippen LogP contribution in [-0.2, 0) is 0 Å². The summed E-state index contributed by atoms with van der Waals surface area (Å²) in [5.41, 5.74) is 1.26. The van der Waals surface area contributed by atoms with E-state index in [1.165, 1.54) is 5.56 Å². The van der Waals surface area contributed by atoms with Gasteiger partial charge in [-0.1, -0.05) is 19.9 Å². The van der Waals surface area contributed by atoms with Crippen molar-refractivity contribution in [2.45, 2.75) is 26.8 Å². The van der Waals surface area contributed by atoms with Crippen LogP contribution in [0.2, 0.25) is 0 Å². The minimum Gasteiger partial charge on any atom is -0.491 e. The number of hydrogen-bond donors (Lipinski definition) is 1. The number of halogens is 1. The second-order valence-corrected chi connectivity index (χ2v) is 5.43. The van der Waals surface area contributed by atoms with Crippen LogP contribution < -0.4 is 10.1 Å². The lowest BCUT2D eigenvalue weighted by molar-refractivity contribution is 0.222. The van der Waals surface area contributed by atoms with E-state index in [4.69, 9.17) is 4.74 Å². The molecule has 1 unspecified atom stereocenters. The summed E-state index contributed by atoms with van der Waals surface area (Å²) in [7, 11) is 1.97. The van der Waals surface area contributed by atoms with E-state index in [0.29, 0.717) is 6.04 Å². The molecule has 0 aliphatic carbocycles. The van der Waals surface area contributed by atoms with E-state index < -0.39 is 0 Å². The van der Waals surface area contributed by atoms with Gasteiger partial charge in [0, 0.05) is 12.6 Å². The van der Waals surface area contributed by atoms with E-state index in [1.807, 2.05) is 13.1 Å². The summed E-state index contributed by atoms with van der Waals surface area (Å²) in [4.78, 5) is 2.35. The summed E-state index contributed by atoms with van der Waals surface area (Å²) >= 11 is 3.58. The van der Waals surface area contributed by atoms with Crippen LogP contribution in [0.1, 0.15) is 32.4 Å². The van der Waals surface area contributed by atoms with Gasteiger partial charge >= 0.3 is 0 Å². The maximum Gasteiger partial charge on any atom is 0.133 e. The molecule has 1 rings (SSSR count). The van der Waals surface area contributed by atoms with Gasteiger partial charge in [-0.25, -0.2) is 0 Å². The zero-order chi connectivity index (χ0) is 14.3. The van der Waals surface area contributed by atoms with Gasteiger partial charge in [-0.2, -0.15) is 0 Å². The van der Waals surface area contributed by atoms with E-state index in [-0.39, 0.29) is 0 Å². The normalized spacial score (nSPS) is 12.7. The molecule has 0 spiro atoms. The topological polar surface area (TPSA) is 24.5 Å². The zero-order valence-corrected chi connectivity index (χ0v) is 14.0. The van der Waals surface area contributed by atoms with Crippen LogP contribution in [0, 0.1) is 0 Å². The Balaban J connectivity index is 2.55. The van der Waals surface area contributed by atoms with E-state index in [9.17, 15) is 0 Å². The first-order chi connectivity index (χ1) is 9.12. The van der Waals surface area contributed by atoms with Crippen molar-refractivity contribution in [3.05, 3.63) is 28.2 Å². The molecule has 1 atom stereocenters. The predicted molar refractivity (Wildman–Crippen MR) is 84.9 cm³/mol.